The molecule has 5 atom stereocenters. The minimum atomic E-state index is -4.79. The lowest BCUT2D eigenvalue weighted by molar-refractivity contribution is -0.322. The van der Waals surface area contributed by atoms with Gasteiger partial charge in [-0.25, -0.2) is 0 Å². The molecule has 7 heteroatoms. The van der Waals surface area contributed by atoms with E-state index in [4.69, 9.17) is 4.74 Å². The molecule has 1 heterocycles. The van der Waals surface area contributed by atoms with E-state index in [1.165, 1.54) is 0 Å². The molecule has 1 fully saturated rings. The van der Waals surface area contributed by atoms with Crippen molar-refractivity contribution in [1.29, 1.82) is 0 Å². The van der Waals surface area contributed by atoms with Crippen molar-refractivity contribution < 1.29 is 33.2 Å². The highest BCUT2D eigenvalue weighted by atomic mass is 19.4. The number of ether oxygens (including phenoxy) is 1. The fraction of sp³-hybridized carbons (Fsp3) is 1.00. The van der Waals surface area contributed by atoms with Crippen molar-refractivity contribution in [1.82, 2.24) is 0 Å². The van der Waals surface area contributed by atoms with E-state index in [1.54, 1.807) is 20.8 Å². The molecule has 102 valence electrons. The fourth-order valence-corrected chi connectivity index (χ4v) is 1.87. The average Bonchev–Trinajstić information content (AvgIpc) is 2.10. The first-order chi connectivity index (χ1) is 7.46. The van der Waals surface area contributed by atoms with Gasteiger partial charge >= 0.3 is 6.18 Å². The van der Waals surface area contributed by atoms with Crippen molar-refractivity contribution in [2.75, 3.05) is 0 Å². The zero-order valence-corrected chi connectivity index (χ0v) is 9.77. The largest absolute Gasteiger partial charge is 0.417 e. The highest BCUT2D eigenvalue weighted by Crippen LogP contribution is 2.38. The number of hydrogen-bond donors (Lipinski definition) is 3. The van der Waals surface area contributed by atoms with Crippen LogP contribution in [0.1, 0.15) is 20.8 Å². The zero-order valence-electron chi connectivity index (χ0n) is 9.77. The van der Waals surface area contributed by atoms with Gasteiger partial charge in [-0.3, -0.25) is 0 Å². The molecule has 1 aliphatic rings. The molecule has 0 aromatic rings. The third-order valence-electron chi connectivity index (χ3n) is 2.79. The monoisotopic (exact) mass is 258 g/mol. The first-order valence-corrected chi connectivity index (χ1v) is 5.22. The molecular weight excluding hydrogens is 241 g/mol. The Morgan fingerprint density at radius 2 is 1.24 bits per heavy atom. The van der Waals surface area contributed by atoms with Crippen molar-refractivity contribution in [3.63, 3.8) is 0 Å². The van der Waals surface area contributed by atoms with E-state index in [2.05, 4.69) is 0 Å². The third-order valence-corrected chi connectivity index (χ3v) is 2.79. The topological polar surface area (TPSA) is 69.9 Å². The van der Waals surface area contributed by atoms with Crippen LogP contribution in [0.15, 0.2) is 0 Å². The molecule has 0 radical (unpaired) electrons. The van der Waals surface area contributed by atoms with Gasteiger partial charge in [-0.1, -0.05) is 20.8 Å². The number of aliphatic hydroxyl groups excluding tert-OH is 3. The Kier molecular flexibility index (Phi) is 3.79. The van der Waals surface area contributed by atoms with Gasteiger partial charge in [-0.15, -0.1) is 0 Å². The fourth-order valence-electron chi connectivity index (χ4n) is 1.87. The number of hydrogen-bond acceptors (Lipinski definition) is 4. The molecule has 1 rings (SSSR count). The Labute approximate surface area is 97.0 Å². The van der Waals surface area contributed by atoms with Crippen molar-refractivity contribution in [3.8, 4) is 0 Å². The molecule has 0 aliphatic carbocycles. The lowest BCUT2D eigenvalue weighted by atomic mass is 9.80. The molecule has 0 aromatic carbocycles. The summed E-state index contributed by atoms with van der Waals surface area (Å²) in [5.41, 5.74) is -0.788. The maximum atomic E-state index is 12.6. The van der Waals surface area contributed by atoms with Gasteiger partial charge < -0.3 is 20.1 Å². The molecule has 0 spiro atoms. The van der Waals surface area contributed by atoms with Crippen LogP contribution >= 0.6 is 0 Å². The van der Waals surface area contributed by atoms with Gasteiger partial charge in [-0.05, 0) is 5.41 Å². The number of rotatable bonds is 0. The molecule has 0 amide bonds. The Hall–Kier alpha value is -0.370. The van der Waals surface area contributed by atoms with Crippen LogP contribution in [0.25, 0.3) is 0 Å². The van der Waals surface area contributed by atoms with Crippen LogP contribution in [-0.2, 0) is 4.74 Å². The van der Waals surface area contributed by atoms with Gasteiger partial charge in [0.15, 0.2) is 6.10 Å². The summed E-state index contributed by atoms with van der Waals surface area (Å²) >= 11 is 0. The Balaban J connectivity index is 2.99. The zero-order chi connectivity index (χ0) is 13.6. The number of aliphatic hydroxyl groups is 3. The van der Waals surface area contributed by atoms with E-state index in [1.807, 2.05) is 0 Å². The van der Waals surface area contributed by atoms with E-state index in [9.17, 15) is 28.5 Å². The highest BCUT2D eigenvalue weighted by Gasteiger charge is 2.56. The molecule has 17 heavy (non-hydrogen) atoms. The predicted octanol–water partition coefficient (Wildman–Crippen LogP) is 0.445. The second-order valence-corrected chi connectivity index (χ2v) is 5.36. The van der Waals surface area contributed by atoms with Gasteiger partial charge in [0.25, 0.3) is 0 Å². The summed E-state index contributed by atoms with van der Waals surface area (Å²) in [5, 5.41) is 28.3. The van der Waals surface area contributed by atoms with E-state index in [-0.39, 0.29) is 0 Å². The summed E-state index contributed by atoms with van der Waals surface area (Å²) in [6.45, 7) is 4.75. The Bertz CT molecular complexity index is 248. The van der Waals surface area contributed by atoms with Gasteiger partial charge in [0.05, 0.1) is 6.10 Å². The second-order valence-electron chi connectivity index (χ2n) is 5.36. The summed E-state index contributed by atoms with van der Waals surface area (Å²) in [4.78, 5) is 0. The first-order valence-electron chi connectivity index (χ1n) is 5.22. The van der Waals surface area contributed by atoms with E-state index < -0.39 is 42.1 Å². The lowest BCUT2D eigenvalue weighted by Gasteiger charge is -2.46. The molecule has 0 saturated carbocycles. The molecular formula is C10H17F3O4. The van der Waals surface area contributed by atoms with Gasteiger partial charge in [-0.2, -0.15) is 13.2 Å². The third kappa shape index (κ3) is 2.90. The van der Waals surface area contributed by atoms with Gasteiger partial charge in [0, 0.05) is 0 Å². The van der Waals surface area contributed by atoms with Crippen LogP contribution in [0.5, 0.6) is 0 Å². The molecule has 4 nitrogen and oxygen atoms in total. The summed E-state index contributed by atoms with van der Waals surface area (Å²) < 4.78 is 42.5. The van der Waals surface area contributed by atoms with E-state index in [0.717, 1.165) is 0 Å². The SMILES string of the molecule is CC(C)(C)C1OC(C(F)(F)F)C(O)C(O)C1O. The van der Waals surface area contributed by atoms with Crippen molar-refractivity contribution in [3.05, 3.63) is 0 Å². The van der Waals surface area contributed by atoms with Gasteiger partial charge in [0.2, 0.25) is 0 Å². The summed E-state index contributed by atoms with van der Waals surface area (Å²) in [6, 6.07) is 0. The van der Waals surface area contributed by atoms with Crippen LogP contribution < -0.4 is 0 Å². The maximum absolute atomic E-state index is 12.6. The molecule has 0 bridgehead atoms. The normalized spacial score (nSPS) is 40.4. The molecule has 5 unspecified atom stereocenters. The minimum absolute atomic E-state index is 0.788. The summed E-state index contributed by atoms with van der Waals surface area (Å²) in [5.74, 6) is 0. The van der Waals surface area contributed by atoms with E-state index in [0.29, 0.717) is 0 Å². The average molecular weight is 258 g/mol. The maximum Gasteiger partial charge on any atom is 0.417 e. The number of alkyl halides is 3. The smallest absolute Gasteiger partial charge is 0.388 e. The van der Waals surface area contributed by atoms with E-state index >= 15 is 0 Å². The van der Waals surface area contributed by atoms with Crippen LogP contribution in [0.3, 0.4) is 0 Å². The summed E-state index contributed by atoms with van der Waals surface area (Å²) in [7, 11) is 0. The van der Waals surface area contributed by atoms with Crippen LogP contribution in [-0.4, -0.2) is 52.0 Å². The number of halogens is 3. The van der Waals surface area contributed by atoms with Crippen molar-refractivity contribution in [2.45, 2.75) is 57.5 Å². The Morgan fingerprint density at radius 3 is 1.59 bits per heavy atom. The molecule has 1 saturated heterocycles. The Morgan fingerprint density at radius 1 is 0.824 bits per heavy atom. The molecule has 0 aromatic heterocycles. The predicted molar refractivity (Wildman–Crippen MR) is 52.2 cm³/mol. The first kappa shape index (κ1) is 14.7. The van der Waals surface area contributed by atoms with Crippen LogP contribution in [0.4, 0.5) is 13.2 Å². The standard InChI is InChI=1S/C10H17F3O4/c1-9(2,3)7-5(15)4(14)6(16)8(17-7)10(11,12)13/h4-8,14-16H,1-3H3. The van der Waals surface area contributed by atoms with Gasteiger partial charge in [0.1, 0.15) is 18.3 Å². The molecule has 3 N–H and O–H groups in total. The van der Waals surface area contributed by atoms with Crippen molar-refractivity contribution in [2.24, 2.45) is 5.41 Å². The highest BCUT2D eigenvalue weighted by molar-refractivity contribution is 4.98. The minimum Gasteiger partial charge on any atom is -0.388 e. The molecule has 1 aliphatic heterocycles. The van der Waals surface area contributed by atoms with Crippen molar-refractivity contribution >= 4 is 0 Å². The quantitative estimate of drug-likeness (QED) is 0.590. The van der Waals surface area contributed by atoms with Crippen LogP contribution in [0, 0.1) is 5.41 Å². The second kappa shape index (κ2) is 4.38. The lowest BCUT2D eigenvalue weighted by Crippen LogP contribution is -2.64. The van der Waals surface area contributed by atoms with Crippen LogP contribution in [0.2, 0.25) is 0 Å². The summed E-state index contributed by atoms with van der Waals surface area (Å²) in [6.07, 6.45) is -14.1.